The van der Waals surface area contributed by atoms with Gasteiger partial charge in [-0.15, -0.1) is 5.10 Å². The van der Waals surface area contributed by atoms with E-state index >= 15 is 0 Å². The van der Waals surface area contributed by atoms with Crippen molar-refractivity contribution in [2.24, 2.45) is 11.3 Å². The second-order valence-electron chi connectivity index (χ2n) is 9.03. The zero-order valence-electron chi connectivity index (χ0n) is 18.3. The molecule has 1 heterocycles. The van der Waals surface area contributed by atoms with Crippen LogP contribution in [0.1, 0.15) is 44.7 Å². The summed E-state index contributed by atoms with van der Waals surface area (Å²) in [5.41, 5.74) is 2.17. The molecule has 2 aromatic carbocycles. The third-order valence-corrected chi connectivity index (χ3v) is 5.48. The molecule has 1 aliphatic carbocycles. The van der Waals surface area contributed by atoms with Crippen LogP contribution in [-0.4, -0.2) is 20.7 Å². The normalized spacial score (nSPS) is 13.4. The first-order chi connectivity index (χ1) is 15.2. The molecule has 1 amide bonds. The quantitative estimate of drug-likeness (QED) is 0.584. The number of carbonyl (C=O) groups excluding carboxylic acids is 1. The highest BCUT2D eigenvalue weighted by atomic mass is 35.5. The molecule has 7 heteroatoms. The number of aromatic amines is 1. The average Bonchev–Trinajstić information content (AvgIpc) is 3.51. The summed E-state index contributed by atoms with van der Waals surface area (Å²) < 4.78 is 1.30. The van der Waals surface area contributed by atoms with Crippen molar-refractivity contribution in [3.05, 3.63) is 69.1 Å². The number of hydrogen-bond acceptors (Lipinski definition) is 3. The molecular weight excluding hydrogens is 424 g/mol. The van der Waals surface area contributed by atoms with E-state index in [1.165, 1.54) is 17.5 Å². The van der Waals surface area contributed by atoms with Crippen LogP contribution in [0.2, 0.25) is 5.02 Å². The Balaban J connectivity index is 1.56. The smallest absolute Gasteiger partial charge is 0.348 e. The van der Waals surface area contributed by atoms with Gasteiger partial charge in [0.05, 0.1) is 10.7 Å². The second kappa shape index (κ2) is 8.68. The monoisotopic (exact) mass is 448 g/mol. The molecule has 0 saturated heterocycles. The van der Waals surface area contributed by atoms with E-state index < -0.39 is 5.41 Å². The topological polar surface area (TPSA) is 79.8 Å². The predicted molar refractivity (Wildman–Crippen MR) is 126 cm³/mol. The SMILES string of the molecule is CC(C)(C)C(=O)NCc1ccc(Cl)c(-c2nn(-c3ccc(C#CC4CC4)cc3)c(=O)[nH]2)c1. The minimum atomic E-state index is -0.474. The third-order valence-electron chi connectivity index (χ3n) is 5.15. The largest absolute Gasteiger partial charge is 0.352 e. The van der Waals surface area contributed by atoms with Crippen LogP contribution in [0.4, 0.5) is 0 Å². The van der Waals surface area contributed by atoms with Crippen LogP contribution in [0.25, 0.3) is 17.1 Å². The lowest BCUT2D eigenvalue weighted by Crippen LogP contribution is -2.34. The number of nitrogens with zero attached hydrogens (tertiary/aromatic N) is 2. The molecule has 4 rings (SSSR count). The summed E-state index contributed by atoms with van der Waals surface area (Å²) in [6, 6.07) is 12.8. The van der Waals surface area contributed by atoms with E-state index in [1.54, 1.807) is 6.07 Å². The second-order valence-corrected chi connectivity index (χ2v) is 9.44. The molecule has 1 saturated carbocycles. The van der Waals surface area contributed by atoms with E-state index in [0.717, 1.165) is 11.1 Å². The Morgan fingerprint density at radius 3 is 2.59 bits per heavy atom. The number of halogens is 1. The Kier molecular flexibility index (Phi) is 5.94. The summed E-state index contributed by atoms with van der Waals surface area (Å²) in [6.45, 7) is 5.94. The fraction of sp³-hybridized carbons (Fsp3) is 0.320. The third kappa shape index (κ3) is 5.12. The molecular formula is C25H25ClN4O2. The van der Waals surface area contributed by atoms with Crippen LogP contribution in [-0.2, 0) is 11.3 Å². The van der Waals surface area contributed by atoms with Crippen LogP contribution < -0.4 is 11.0 Å². The number of hydrogen-bond donors (Lipinski definition) is 2. The lowest BCUT2D eigenvalue weighted by Gasteiger charge is -2.17. The van der Waals surface area contributed by atoms with Gasteiger partial charge in [-0.2, -0.15) is 4.68 Å². The summed E-state index contributed by atoms with van der Waals surface area (Å²) in [4.78, 5) is 27.5. The van der Waals surface area contributed by atoms with Gasteiger partial charge >= 0.3 is 5.69 Å². The lowest BCUT2D eigenvalue weighted by atomic mass is 9.95. The van der Waals surface area contributed by atoms with Crippen molar-refractivity contribution in [2.45, 2.75) is 40.2 Å². The molecule has 164 valence electrons. The maximum absolute atomic E-state index is 12.6. The maximum Gasteiger partial charge on any atom is 0.348 e. The average molecular weight is 449 g/mol. The number of benzene rings is 2. The molecule has 0 bridgehead atoms. The summed E-state index contributed by atoms with van der Waals surface area (Å²) in [7, 11) is 0. The number of aromatic nitrogens is 3. The Hall–Kier alpha value is -3.30. The van der Waals surface area contributed by atoms with Crippen molar-refractivity contribution in [1.82, 2.24) is 20.1 Å². The van der Waals surface area contributed by atoms with Gasteiger partial charge in [0.15, 0.2) is 5.82 Å². The summed E-state index contributed by atoms with van der Waals surface area (Å²) >= 11 is 6.39. The van der Waals surface area contributed by atoms with Crippen LogP contribution in [0, 0.1) is 23.2 Å². The van der Waals surface area contributed by atoms with E-state index in [2.05, 4.69) is 27.2 Å². The molecule has 1 aromatic heterocycles. The van der Waals surface area contributed by atoms with E-state index in [9.17, 15) is 9.59 Å². The number of rotatable bonds is 4. The van der Waals surface area contributed by atoms with E-state index in [4.69, 9.17) is 11.6 Å². The van der Waals surface area contributed by atoms with E-state index in [-0.39, 0.29) is 11.6 Å². The molecule has 6 nitrogen and oxygen atoms in total. The molecule has 0 unspecified atom stereocenters. The number of amides is 1. The van der Waals surface area contributed by atoms with E-state index in [1.807, 2.05) is 57.2 Å². The fourth-order valence-electron chi connectivity index (χ4n) is 3.03. The molecule has 3 aromatic rings. The summed E-state index contributed by atoms with van der Waals surface area (Å²) in [5, 5.41) is 7.82. The Morgan fingerprint density at radius 2 is 1.94 bits per heavy atom. The van der Waals surface area contributed by atoms with Crippen molar-refractivity contribution in [1.29, 1.82) is 0 Å². The van der Waals surface area contributed by atoms with Crippen LogP contribution in [0.5, 0.6) is 0 Å². The summed E-state index contributed by atoms with van der Waals surface area (Å²) in [6.07, 6.45) is 2.37. The van der Waals surface area contributed by atoms with E-state index in [0.29, 0.717) is 34.6 Å². The van der Waals surface area contributed by atoms with Gasteiger partial charge in [-0.1, -0.05) is 50.3 Å². The Bertz CT molecular complexity index is 1270. The molecule has 1 fully saturated rings. The molecule has 0 aliphatic heterocycles. The minimum absolute atomic E-state index is 0.0445. The lowest BCUT2D eigenvalue weighted by molar-refractivity contribution is -0.128. The Labute approximate surface area is 192 Å². The molecule has 0 atom stereocenters. The van der Waals surface area contributed by atoms with Gasteiger partial charge in [-0.25, -0.2) is 4.79 Å². The molecule has 2 N–H and O–H groups in total. The van der Waals surface area contributed by atoms with Gasteiger partial charge in [0, 0.05) is 29.0 Å². The first-order valence-electron chi connectivity index (χ1n) is 10.6. The number of nitrogens with one attached hydrogen (secondary N) is 2. The predicted octanol–water partition coefficient (Wildman–Crippen LogP) is 4.30. The van der Waals surface area contributed by atoms with Gasteiger partial charge in [0.25, 0.3) is 0 Å². The van der Waals surface area contributed by atoms with Crippen molar-refractivity contribution >= 4 is 17.5 Å². The Morgan fingerprint density at radius 1 is 1.22 bits per heavy atom. The van der Waals surface area contributed by atoms with Crippen LogP contribution in [0.15, 0.2) is 47.3 Å². The maximum atomic E-state index is 12.6. The molecule has 1 aliphatic rings. The van der Waals surface area contributed by atoms with Gasteiger partial charge in [0.1, 0.15) is 0 Å². The number of carbonyl (C=O) groups is 1. The number of H-pyrrole nitrogens is 1. The highest BCUT2D eigenvalue weighted by molar-refractivity contribution is 6.33. The zero-order chi connectivity index (χ0) is 22.9. The standard InChI is InChI=1S/C25H25ClN4O2/c1-25(2,3)23(31)27-15-18-10-13-21(26)20(14-18)22-28-24(32)30(29-22)19-11-8-17(9-12-19)7-6-16-4-5-16/h8-14,16H,4-5,15H2,1-3H3,(H,27,31)(H,28,29,32). The first-order valence-corrected chi connectivity index (χ1v) is 11.0. The highest BCUT2D eigenvalue weighted by Gasteiger charge is 2.21. The van der Waals surface area contributed by atoms with Gasteiger partial charge in [-0.05, 0) is 54.8 Å². The molecule has 32 heavy (non-hydrogen) atoms. The van der Waals surface area contributed by atoms with Crippen molar-refractivity contribution in [2.75, 3.05) is 0 Å². The molecule has 0 spiro atoms. The highest BCUT2D eigenvalue weighted by Crippen LogP contribution is 2.28. The van der Waals surface area contributed by atoms with Gasteiger partial charge in [-0.3, -0.25) is 9.78 Å². The first kappa shape index (κ1) is 21.9. The van der Waals surface area contributed by atoms with Crippen molar-refractivity contribution in [3.63, 3.8) is 0 Å². The van der Waals surface area contributed by atoms with Crippen LogP contribution in [0.3, 0.4) is 0 Å². The van der Waals surface area contributed by atoms with Gasteiger partial charge in [0.2, 0.25) is 5.91 Å². The van der Waals surface area contributed by atoms with Crippen molar-refractivity contribution in [3.8, 4) is 28.9 Å². The van der Waals surface area contributed by atoms with Gasteiger partial charge < -0.3 is 5.32 Å². The molecule has 0 radical (unpaired) electrons. The summed E-state index contributed by atoms with van der Waals surface area (Å²) in [5.74, 6) is 7.24. The van der Waals surface area contributed by atoms with Crippen LogP contribution >= 0.6 is 11.6 Å². The van der Waals surface area contributed by atoms with Crippen molar-refractivity contribution < 1.29 is 4.79 Å². The fourth-order valence-corrected chi connectivity index (χ4v) is 3.24. The zero-order valence-corrected chi connectivity index (χ0v) is 19.1. The minimum Gasteiger partial charge on any atom is -0.352 e.